The quantitative estimate of drug-likeness (QED) is 0.293. The fourth-order valence-corrected chi connectivity index (χ4v) is 5.38. The van der Waals surface area contributed by atoms with Crippen LogP contribution in [0.2, 0.25) is 0 Å². The lowest BCUT2D eigenvalue weighted by Crippen LogP contribution is -2.11. The Morgan fingerprint density at radius 3 is 1.82 bits per heavy atom. The van der Waals surface area contributed by atoms with Crippen molar-refractivity contribution < 1.29 is 0 Å². The van der Waals surface area contributed by atoms with Gasteiger partial charge in [-0.3, -0.25) is 0 Å². The third-order valence-corrected chi connectivity index (χ3v) is 6.99. The van der Waals surface area contributed by atoms with Crippen LogP contribution in [0.5, 0.6) is 0 Å². The van der Waals surface area contributed by atoms with Crippen LogP contribution in [0.15, 0.2) is 137 Å². The van der Waals surface area contributed by atoms with Gasteiger partial charge in [0, 0.05) is 32.3 Å². The zero-order valence-corrected chi connectivity index (χ0v) is 18.8. The lowest BCUT2D eigenvalue weighted by atomic mass is 9.99. The zero-order chi connectivity index (χ0) is 22.0. The van der Waals surface area contributed by atoms with Crippen LogP contribution in [0, 0.1) is 0 Å². The van der Waals surface area contributed by atoms with Crippen molar-refractivity contribution in [1.29, 1.82) is 0 Å². The summed E-state index contributed by atoms with van der Waals surface area (Å²) in [6.07, 6.45) is 0. The number of fused-ring (bicyclic) bond motifs is 2. The highest BCUT2D eigenvalue weighted by Crippen LogP contribution is 2.50. The Morgan fingerprint density at radius 1 is 0.485 bits per heavy atom. The standard InChI is InChI=1S/C30H22N2S/c1-3-12-22(13-4-1)32(23-14-5-2-6-15-23)27-19-9-7-16-24(27)25-17-11-21-29-30(25)31-26-18-8-10-20-28(26)33-29/h1-21,31H. The Morgan fingerprint density at radius 2 is 1.06 bits per heavy atom. The molecule has 1 heterocycles. The van der Waals surface area contributed by atoms with Crippen LogP contribution in [0.25, 0.3) is 11.1 Å². The van der Waals surface area contributed by atoms with Gasteiger partial charge in [-0.2, -0.15) is 0 Å². The van der Waals surface area contributed by atoms with Gasteiger partial charge in [0.15, 0.2) is 0 Å². The first kappa shape index (κ1) is 19.7. The second-order valence-electron chi connectivity index (χ2n) is 7.93. The van der Waals surface area contributed by atoms with Crippen molar-refractivity contribution in [2.75, 3.05) is 10.2 Å². The van der Waals surface area contributed by atoms with Crippen molar-refractivity contribution in [3.8, 4) is 11.1 Å². The van der Waals surface area contributed by atoms with Gasteiger partial charge in [-0.25, -0.2) is 0 Å². The van der Waals surface area contributed by atoms with Gasteiger partial charge in [0.1, 0.15) is 0 Å². The first-order valence-corrected chi connectivity index (χ1v) is 11.9. The molecule has 0 unspecified atom stereocenters. The molecular formula is C30H22N2S. The zero-order valence-electron chi connectivity index (χ0n) is 18.0. The lowest BCUT2D eigenvalue weighted by Gasteiger charge is -2.29. The first-order chi connectivity index (χ1) is 16.4. The summed E-state index contributed by atoms with van der Waals surface area (Å²) >= 11 is 1.82. The van der Waals surface area contributed by atoms with E-state index in [2.05, 4.69) is 138 Å². The molecule has 5 aromatic carbocycles. The number of hydrogen-bond acceptors (Lipinski definition) is 3. The molecule has 0 atom stereocenters. The van der Waals surface area contributed by atoms with Crippen molar-refractivity contribution in [1.82, 2.24) is 0 Å². The van der Waals surface area contributed by atoms with Gasteiger partial charge in [0.2, 0.25) is 0 Å². The number of anilines is 5. The molecule has 3 heteroatoms. The molecule has 0 saturated heterocycles. The van der Waals surface area contributed by atoms with Gasteiger partial charge in [-0.1, -0.05) is 90.6 Å². The second kappa shape index (κ2) is 8.53. The average molecular weight is 443 g/mol. The van der Waals surface area contributed by atoms with Gasteiger partial charge in [0.25, 0.3) is 0 Å². The minimum absolute atomic E-state index is 1.13. The van der Waals surface area contributed by atoms with Crippen LogP contribution in [0.1, 0.15) is 0 Å². The van der Waals surface area contributed by atoms with Gasteiger partial charge in [0.05, 0.1) is 17.1 Å². The van der Waals surface area contributed by atoms with E-state index in [9.17, 15) is 0 Å². The fourth-order valence-electron chi connectivity index (χ4n) is 4.36. The Hall–Kier alpha value is -3.95. The Balaban J connectivity index is 1.54. The number of nitrogens with zero attached hydrogens (tertiary/aromatic N) is 1. The highest BCUT2D eigenvalue weighted by Gasteiger charge is 2.22. The van der Waals surface area contributed by atoms with Crippen LogP contribution >= 0.6 is 11.8 Å². The van der Waals surface area contributed by atoms with Gasteiger partial charge in [-0.05, 0) is 48.5 Å². The van der Waals surface area contributed by atoms with Crippen LogP contribution in [-0.4, -0.2) is 0 Å². The van der Waals surface area contributed by atoms with Crippen molar-refractivity contribution >= 4 is 40.2 Å². The van der Waals surface area contributed by atoms with E-state index < -0.39 is 0 Å². The molecule has 158 valence electrons. The monoisotopic (exact) mass is 442 g/mol. The average Bonchev–Trinajstić information content (AvgIpc) is 2.89. The maximum atomic E-state index is 3.71. The third kappa shape index (κ3) is 3.67. The van der Waals surface area contributed by atoms with Crippen molar-refractivity contribution in [2.24, 2.45) is 0 Å². The van der Waals surface area contributed by atoms with Gasteiger partial charge in [-0.15, -0.1) is 0 Å². The molecule has 5 aromatic rings. The molecule has 1 aliphatic heterocycles. The predicted octanol–water partition coefficient (Wildman–Crippen LogP) is 9.03. The molecule has 0 bridgehead atoms. The molecule has 6 rings (SSSR count). The van der Waals surface area contributed by atoms with E-state index in [0.717, 1.165) is 28.4 Å². The summed E-state index contributed by atoms with van der Waals surface area (Å²) in [5.41, 5.74) is 8.12. The fraction of sp³-hybridized carbons (Fsp3) is 0. The number of benzene rings is 5. The number of rotatable bonds is 4. The summed E-state index contributed by atoms with van der Waals surface area (Å²) in [6, 6.07) is 44.9. The maximum Gasteiger partial charge on any atom is 0.0606 e. The van der Waals surface area contributed by atoms with E-state index in [1.165, 1.54) is 20.9 Å². The molecule has 0 aromatic heterocycles. The van der Waals surface area contributed by atoms with Crippen molar-refractivity contribution in [2.45, 2.75) is 9.79 Å². The molecule has 0 saturated carbocycles. The molecule has 2 nitrogen and oxygen atoms in total. The van der Waals surface area contributed by atoms with E-state index in [-0.39, 0.29) is 0 Å². The number of nitrogens with one attached hydrogen (secondary N) is 1. The summed E-state index contributed by atoms with van der Waals surface area (Å²) in [4.78, 5) is 4.83. The molecule has 0 radical (unpaired) electrons. The normalized spacial score (nSPS) is 11.8. The van der Waals surface area contributed by atoms with E-state index in [1.807, 2.05) is 11.8 Å². The maximum absolute atomic E-state index is 3.71. The van der Waals surface area contributed by atoms with Gasteiger partial charge < -0.3 is 10.2 Å². The van der Waals surface area contributed by atoms with E-state index >= 15 is 0 Å². The van der Waals surface area contributed by atoms with E-state index in [0.29, 0.717) is 0 Å². The summed E-state index contributed by atoms with van der Waals surface area (Å²) in [6.45, 7) is 0. The summed E-state index contributed by atoms with van der Waals surface area (Å²) in [5, 5.41) is 3.71. The van der Waals surface area contributed by atoms with Crippen LogP contribution in [-0.2, 0) is 0 Å². The summed E-state index contributed by atoms with van der Waals surface area (Å²) in [7, 11) is 0. The molecule has 1 aliphatic rings. The summed E-state index contributed by atoms with van der Waals surface area (Å²) in [5.74, 6) is 0. The summed E-state index contributed by atoms with van der Waals surface area (Å²) < 4.78 is 0. The van der Waals surface area contributed by atoms with Crippen molar-refractivity contribution in [3.63, 3.8) is 0 Å². The topological polar surface area (TPSA) is 15.3 Å². The smallest absolute Gasteiger partial charge is 0.0606 e. The van der Waals surface area contributed by atoms with E-state index in [1.54, 1.807) is 0 Å². The number of hydrogen-bond donors (Lipinski definition) is 1. The predicted molar refractivity (Wildman–Crippen MR) is 140 cm³/mol. The molecule has 0 spiro atoms. The lowest BCUT2D eigenvalue weighted by molar-refractivity contribution is 1.27. The number of para-hydroxylation sites is 5. The molecule has 33 heavy (non-hydrogen) atoms. The third-order valence-electron chi connectivity index (χ3n) is 5.86. The Labute approximate surface area is 198 Å². The molecular weight excluding hydrogens is 420 g/mol. The second-order valence-corrected chi connectivity index (χ2v) is 9.01. The van der Waals surface area contributed by atoms with Crippen molar-refractivity contribution in [3.05, 3.63) is 127 Å². The SMILES string of the molecule is c1ccc(N(c2ccccc2)c2ccccc2-c2cccc3c2Nc2ccccc2S3)cc1. The molecule has 0 fully saturated rings. The van der Waals surface area contributed by atoms with E-state index in [4.69, 9.17) is 0 Å². The highest BCUT2D eigenvalue weighted by molar-refractivity contribution is 7.99. The van der Waals surface area contributed by atoms with Crippen LogP contribution < -0.4 is 10.2 Å². The Kier molecular flexibility index (Phi) is 5.10. The largest absolute Gasteiger partial charge is 0.353 e. The van der Waals surface area contributed by atoms with Crippen LogP contribution in [0.4, 0.5) is 28.4 Å². The minimum atomic E-state index is 1.13. The van der Waals surface area contributed by atoms with Gasteiger partial charge >= 0.3 is 0 Å². The Bertz CT molecular complexity index is 1370. The van der Waals surface area contributed by atoms with Crippen LogP contribution in [0.3, 0.4) is 0 Å². The first-order valence-electron chi connectivity index (χ1n) is 11.0. The molecule has 0 aliphatic carbocycles. The minimum Gasteiger partial charge on any atom is -0.353 e. The highest BCUT2D eigenvalue weighted by atomic mass is 32.2. The molecule has 1 N–H and O–H groups in total. The molecule has 0 amide bonds.